The molecule has 5 nitrogen and oxygen atoms in total. The second-order valence-electron chi connectivity index (χ2n) is 4.75. The van der Waals surface area contributed by atoms with E-state index in [4.69, 9.17) is 0 Å². The summed E-state index contributed by atoms with van der Waals surface area (Å²) in [6, 6.07) is 15.6. The quantitative estimate of drug-likeness (QED) is 0.547. The van der Waals surface area contributed by atoms with Crippen molar-refractivity contribution in [3.8, 4) is 5.75 Å². The molecule has 0 unspecified atom stereocenters. The van der Waals surface area contributed by atoms with Crippen molar-refractivity contribution < 1.29 is 10.0 Å². The molecule has 0 aliphatic carbocycles. The summed E-state index contributed by atoms with van der Waals surface area (Å²) in [4.78, 5) is 14.6. The number of fused-ring (bicyclic) bond motifs is 1. The molecule has 0 amide bonds. The lowest BCUT2D eigenvalue weighted by Gasteiger charge is -2.06. The Morgan fingerprint density at radius 1 is 1.00 bits per heavy atom. The first-order chi connectivity index (χ1) is 10.6. The number of hydrogen-bond donors (Lipinski definition) is 0. The summed E-state index contributed by atoms with van der Waals surface area (Å²) < 4.78 is 0. The highest BCUT2D eigenvalue weighted by Crippen LogP contribution is 2.24. The normalized spacial score (nSPS) is 11.1. The monoisotopic (exact) mass is 291 g/mol. The topological polar surface area (TPSA) is 79.1 Å². The second-order valence-corrected chi connectivity index (χ2v) is 4.75. The van der Waals surface area contributed by atoms with Crippen molar-refractivity contribution >= 4 is 28.7 Å². The van der Waals surface area contributed by atoms with Crippen LogP contribution in [-0.2, 0) is 0 Å². The first kappa shape index (κ1) is 13.8. The van der Waals surface area contributed by atoms with Crippen LogP contribution >= 0.6 is 0 Å². The minimum atomic E-state index is -0.673. The van der Waals surface area contributed by atoms with Crippen molar-refractivity contribution in [2.75, 3.05) is 0 Å². The first-order valence-electron chi connectivity index (χ1n) is 6.63. The molecule has 1 heterocycles. The van der Waals surface area contributed by atoms with E-state index in [0.29, 0.717) is 5.56 Å². The number of nitro groups is 1. The lowest BCUT2D eigenvalue weighted by Crippen LogP contribution is -1.97. The zero-order chi connectivity index (χ0) is 15.5. The van der Waals surface area contributed by atoms with E-state index in [0.717, 1.165) is 16.6 Å². The fourth-order valence-electron chi connectivity index (χ4n) is 2.14. The summed E-state index contributed by atoms with van der Waals surface area (Å²) in [7, 11) is 0. The van der Waals surface area contributed by atoms with E-state index in [2.05, 4.69) is 4.98 Å². The van der Waals surface area contributed by atoms with Crippen LogP contribution in [0.15, 0.2) is 54.6 Å². The van der Waals surface area contributed by atoms with E-state index in [9.17, 15) is 15.2 Å². The van der Waals surface area contributed by atoms with Crippen LogP contribution in [0.4, 0.5) is 5.69 Å². The summed E-state index contributed by atoms with van der Waals surface area (Å²) in [5, 5.41) is 23.2. The highest BCUT2D eigenvalue weighted by Gasteiger charge is 2.06. The standard InChI is InChI=1S/C17H12N2O3/c20-17-10-6-12(11-16(17)19(21)22)5-8-14-9-7-13-3-1-2-4-15(13)18-14/h1-11,20H/p-1/b8-5+. The van der Waals surface area contributed by atoms with Crippen molar-refractivity contribution in [2.45, 2.75) is 0 Å². The molecule has 0 atom stereocenters. The molecule has 0 bridgehead atoms. The fourth-order valence-corrected chi connectivity index (χ4v) is 2.14. The zero-order valence-electron chi connectivity index (χ0n) is 11.5. The van der Waals surface area contributed by atoms with Gasteiger partial charge in [-0.05, 0) is 29.5 Å². The zero-order valence-corrected chi connectivity index (χ0v) is 11.5. The van der Waals surface area contributed by atoms with Crippen molar-refractivity contribution in [1.82, 2.24) is 4.98 Å². The maximum Gasteiger partial charge on any atom is 0.262 e. The minimum absolute atomic E-state index is 0.423. The summed E-state index contributed by atoms with van der Waals surface area (Å²) >= 11 is 0. The van der Waals surface area contributed by atoms with Crippen molar-refractivity contribution in [2.24, 2.45) is 0 Å². The summed E-state index contributed by atoms with van der Waals surface area (Å²) in [6.07, 6.45) is 3.46. The van der Waals surface area contributed by atoms with E-state index in [1.165, 1.54) is 12.1 Å². The fraction of sp³-hybridized carbons (Fsp3) is 0. The SMILES string of the molecule is O=[N+]([O-])c1cc(/C=C/c2ccc3ccccc3n2)ccc1[O-]. The van der Waals surface area contributed by atoms with Gasteiger partial charge in [0.2, 0.25) is 0 Å². The third kappa shape index (κ3) is 2.78. The average molecular weight is 291 g/mol. The Balaban J connectivity index is 1.92. The Labute approximate surface area is 126 Å². The molecule has 5 heteroatoms. The number of nitrogens with zero attached hydrogens (tertiary/aromatic N) is 2. The van der Waals surface area contributed by atoms with Crippen molar-refractivity contribution in [1.29, 1.82) is 0 Å². The van der Waals surface area contributed by atoms with Gasteiger partial charge in [-0.15, -0.1) is 0 Å². The molecule has 0 aliphatic heterocycles. The van der Waals surface area contributed by atoms with Crippen LogP contribution in [0.1, 0.15) is 11.3 Å². The average Bonchev–Trinajstić information content (AvgIpc) is 2.53. The van der Waals surface area contributed by atoms with Gasteiger partial charge in [0.15, 0.2) is 0 Å². The number of aromatic nitrogens is 1. The molecule has 0 saturated heterocycles. The maximum absolute atomic E-state index is 11.4. The van der Waals surface area contributed by atoms with Gasteiger partial charge in [0.05, 0.1) is 16.1 Å². The third-order valence-electron chi connectivity index (χ3n) is 3.25. The first-order valence-corrected chi connectivity index (χ1v) is 6.63. The van der Waals surface area contributed by atoms with E-state index in [1.807, 2.05) is 36.4 Å². The number of para-hydroxylation sites is 1. The maximum atomic E-state index is 11.4. The molecule has 0 N–H and O–H groups in total. The van der Waals surface area contributed by atoms with E-state index >= 15 is 0 Å². The molecular formula is C17H11N2O3-. The molecule has 3 aromatic rings. The van der Waals surface area contributed by atoms with E-state index < -0.39 is 16.4 Å². The molecular weight excluding hydrogens is 280 g/mol. The predicted molar refractivity (Wildman–Crippen MR) is 83.2 cm³/mol. The molecule has 108 valence electrons. The highest BCUT2D eigenvalue weighted by atomic mass is 16.6. The highest BCUT2D eigenvalue weighted by molar-refractivity contribution is 5.81. The van der Waals surface area contributed by atoms with Crippen LogP contribution in [0.3, 0.4) is 0 Å². The van der Waals surface area contributed by atoms with Gasteiger partial charge in [-0.3, -0.25) is 10.1 Å². The van der Waals surface area contributed by atoms with E-state index in [-0.39, 0.29) is 0 Å². The Bertz CT molecular complexity index is 888. The lowest BCUT2D eigenvalue weighted by atomic mass is 10.1. The molecule has 0 radical (unpaired) electrons. The van der Waals surface area contributed by atoms with Crippen LogP contribution in [0.2, 0.25) is 0 Å². The van der Waals surface area contributed by atoms with E-state index in [1.54, 1.807) is 18.2 Å². The second kappa shape index (κ2) is 5.65. The number of pyridine rings is 1. The Kier molecular flexibility index (Phi) is 3.53. The van der Waals surface area contributed by atoms with Gasteiger partial charge in [0.25, 0.3) is 5.69 Å². The molecule has 1 aromatic heterocycles. The molecule has 2 aromatic carbocycles. The number of hydrogen-bond acceptors (Lipinski definition) is 4. The van der Waals surface area contributed by atoms with Gasteiger partial charge in [-0.25, -0.2) is 4.98 Å². The predicted octanol–water partition coefficient (Wildman–Crippen LogP) is 3.39. The van der Waals surface area contributed by atoms with Gasteiger partial charge in [-0.1, -0.05) is 42.5 Å². The van der Waals surface area contributed by atoms with Gasteiger partial charge in [-0.2, -0.15) is 0 Å². The van der Waals surface area contributed by atoms with Crippen molar-refractivity contribution in [3.63, 3.8) is 0 Å². The van der Waals surface area contributed by atoms with Crippen LogP contribution in [0.5, 0.6) is 5.75 Å². The van der Waals surface area contributed by atoms with Crippen LogP contribution in [-0.4, -0.2) is 9.91 Å². The minimum Gasteiger partial charge on any atom is -0.868 e. The Hall–Kier alpha value is -3.21. The summed E-state index contributed by atoms with van der Waals surface area (Å²) in [6.45, 7) is 0. The lowest BCUT2D eigenvalue weighted by molar-refractivity contribution is -0.398. The number of nitro benzene ring substituents is 1. The number of rotatable bonds is 3. The smallest absolute Gasteiger partial charge is 0.262 e. The Morgan fingerprint density at radius 3 is 2.64 bits per heavy atom. The van der Waals surface area contributed by atoms with Gasteiger partial charge in [0, 0.05) is 11.5 Å². The number of benzene rings is 2. The molecule has 0 spiro atoms. The van der Waals surface area contributed by atoms with Crippen LogP contribution in [0, 0.1) is 10.1 Å². The molecule has 0 aliphatic rings. The van der Waals surface area contributed by atoms with Gasteiger partial charge >= 0.3 is 0 Å². The summed E-state index contributed by atoms with van der Waals surface area (Å²) in [5.74, 6) is -0.592. The van der Waals surface area contributed by atoms with Gasteiger partial charge < -0.3 is 5.11 Å². The van der Waals surface area contributed by atoms with Crippen molar-refractivity contribution in [3.05, 3.63) is 76.0 Å². The molecule has 3 rings (SSSR count). The van der Waals surface area contributed by atoms with Crippen LogP contribution < -0.4 is 5.11 Å². The van der Waals surface area contributed by atoms with Gasteiger partial charge in [0.1, 0.15) is 0 Å². The molecule has 22 heavy (non-hydrogen) atoms. The largest absolute Gasteiger partial charge is 0.868 e. The summed E-state index contributed by atoms with van der Waals surface area (Å²) in [5.41, 5.74) is 1.79. The molecule has 0 saturated carbocycles. The Morgan fingerprint density at radius 2 is 1.82 bits per heavy atom. The third-order valence-corrected chi connectivity index (χ3v) is 3.25. The van der Waals surface area contributed by atoms with Crippen LogP contribution in [0.25, 0.3) is 23.1 Å². The molecule has 0 fully saturated rings.